The Hall–Kier alpha value is -0.860. The molecular formula is C15H17Br2NO2. The first-order valence-electron chi connectivity index (χ1n) is 6.56. The van der Waals surface area contributed by atoms with Crippen LogP contribution in [0.2, 0.25) is 0 Å². The van der Waals surface area contributed by atoms with Crippen molar-refractivity contribution in [2.45, 2.75) is 42.3 Å². The second-order valence-electron chi connectivity index (χ2n) is 4.46. The summed E-state index contributed by atoms with van der Waals surface area (Å²) in [5.74, 6) is 0.169. The van der Waals surface area contributed by atoms with Crippen LogP contribution in [0.5, 0.6) is 5.75 Å². The van der Waals surface area contributed by atoms with E-state index in [0.29, 0.717) is 16.1 Å². The van der Waals surface area contributed by atoms with Crippen LogP contribution in [0.25, 0.3) is 0 Å². The molecule has 0 aromatic heterocycles. The molecule has 2 unspecified atom stereocenters. The molecule has 1 aromatic rings. The summed E-state index contributed by atoms with van der Waals surface area (Å²) in [4.78, 5) is 12.1. The third-order valence-electron chi connectivity index (χ3n) is 2.88. The highest BCUT2D eigenvalue weighted by atomic mass is 79.9. The molecule has 0 amide bonds. The molecule has 0 N–H and O–H groups in total. The molecule has 0 bridgehead atoms. The van der Waals surface area contributed by atoms with E-state index < -0.39 is 0 Å². The largest absolute Gasteiger partial charge is 0.426 e. The maximum Gasteiger partial charge on any atom is 0.325 e. The number of carbonyl (C=O) groups excluding carboxylic acids is 1. The van der Waals surface area contributed by atoms with Crippen molar-refractivity contribution in [3.8, 4) is 11.8 Å². The van der Waals surface area contributed by atoms with Crippen LogP contribution < -0.4 is 4.74 Å². The Balaban J connectivity index is 2.39. The van der Waals surface area contributed by atoms with Gasteiger partial charge in [0.25, 0.3) is 0 Å². The van der Waals surface area contributed by atoms with Crippen molar-refractivity contribution in [2.75, 3.05) is 0 Å². The fourth-order valence-corrected chi connectivity index (χ4v) is 2.36. The lowest BCUT2D eigenvalue weighted by Gasteiger charge is -2.11. The van der Waals surface area contributed by atoms with E-state index in [1.54, 1.807) is 24.3 Å². The van der Waals surface area contributed by atoms with E-state index in [-0.39, 0.29) is 10.8 Å². The van der Waals surface area contributed by atoms with Crippen molar-refractivity contribution in [3.05, 3.63) is 29.8 Å². The van der Waals surface area contributed by atoms with Gasteiger partial charge >= 0.3 is 5.97 Å². The van der Waals surface area contributed by atoms with Gasteiger partial charge in [-0.25, -0.2) is 0 Å². The Morgan fingerprint density at radius 2 is 1.95 bits per heavy atom. The number of benzene rings is 1. The van der Waals surface area contributed by atoms with Gasteiger partial charge in [-0.3, -0.25) is 4.79 Å². The van der Waals surface area contributed by atoms with Crippen molar-refractivity contribution in [3.63, 3.8) is 0 Å². The van der Waals surface area contributed by atoms with Crippen molar-refractivity contribution in [2.24, 2.45) is 0 Å². The number of carbonyl (C=O) groups is 1. The first kappa shape index (κ1) is 17.2. The molecule has 0 aliphatic carbocycles. The minimum absolute atomic E-state index is 0.294. The average molecular weight is 403 g/mol. The number of nitrogens with zero attached hydrogens (tertiary/aromatic N) is 1. The van der Waals surface area contributed by atoms with Gasteiger partial charge in [0.1, 0.15) is 10.6 Å². The summed E-state index contributed by atoms with van der Waals surface area (Å²) in [7, 11) is 0. The number of rotatable bonds is 7. The van der Waals surface area contributed by atoms with Gasteiger partial charge in [0.15, 0.2) is 0 Å². The van der Waals surface area contributed by atoms with E-state index in [9.17, 15) is 4.79 Å². The molecule has 0 saturated heterocycles. The zero-order valence-corrected chi connectivity index (χ0v) is 14.5. The van der Waals surface area contributed by atoms with Gasteiger partial charge in [-0.05, 0) is 43.5 Å². The SMILES string of the molecule is CCC(Br)CCCC(Br)C(=O)Oc1ccc(C#N)cc1. The first-order valence-corrected chi connectivity index (χ1v) is 8.40. The highest BCUT2D eigenvalue weighted by Gasteiger charge is 2.17. The van der Waals surface area contributed by atoms with Gasteiger partial charge in [0.05, 0.1) is 11.6 Å². The normalized spacial score (nSPS) is 13.3. The van der Waals surface area contributed by atoms with Crippen LogP contribution in [0.4, 0.5) is 0 Å². The third-order valence-corrected chi connectivity index (χ3v) is 4.81. The lowest BCUT2D eigenvalue weighted by atomic mass is 10.1. The molecule has 0 spiro atoms. The molecule has 0 aliphatic heterocycles. The lowest BCUT2D eigenvalue weighted by Crippen LogP contribution is -2.20. The molecule has 0 heterocycles. The summed E-state index contributed by atoms with van der Waals surface area (Å²) in [6.45, 7) is 2.13. The Morgan fingerprint density at radius 3 is 2.50 bits per heavy atom. The maximum atomic E-state index is 11.9. The number of hydrogen-bond donors (Lipinski definition) is 0. The summed E-state index contributed by atoms with van der Waals surface area (Å²) >= 11 is 6.93. The topological polar surface area (TPSA) is 50.1 Å². The number of ether oxygens (including phenoxy) is 1. The highest BCUT2D eigenvalue weighted by molar-refractivity contribution is 9.10. The Labute approximate surface area is 136 Å². The van der Waals surface area contributed by atoms with E-state index in [1.165, 1.54) is 0 Å². The average Bonchev–Trinajstić information content (AvgIpc) is 2.47. The predicted molar refractivity (Wildman–Crippen MR) is 86.4 cm³/mol. The van der Waals surface area contributed by atoms with E-state index >= 15 is 0 Å². The van der Waals surface area contributed by atoms with Crippen molar-refractivity contribution < 1.29 is 9.53 Å². The van der Waals surface area contributed by atoms with Gasteiger partial charge in [-0.2, -0.15) is 5.26 Å². The summed E-state index contributed by atoms with van der Waals surface area (Å²) in [5.41, 5.74) is 0.545. The molecule has 0 radical (unpaired) electrons. The zero-order valence-electron chi connectivity index (χ0n) is 11.3. The molecular weight excluding hydrogens is 386 g/mol. The minimum Gasteiger partial charge on any atom is -0.426 e. The van der Waals surface area contributed by atoms with Crippen LogP contribution in [0.15, 0.2) is 24.3 Å². The summed E-state index contributed by atoms with van der Waals surface area (Å²) in [5, 5.41) is 8.69. The number of esters is 1. The molecule has 1 aromatic carbocycles. The van der Waals surface area contributed by atoms with Gasteiger partial charge in [0.2, 0.25) is 0 Å². The van der Waals surface area contributed by atoms with Crippen LogP contribution in [-0.2, 0) is 4.79 Å². The molecule has 20 heavy (non-hydrogen) atoms. The molecule has 0 aliphatic rings. The molecule has 3 nitrogen and oxygen atoms in total. The van der Waals surface area contributed by atoms with Gasteiger partial charge < -0.3 is 4.74 Å². The highest BCUT2D eigenvalue weighted by Crippen LogP contribution is 2.19. The van der Waals surface area contributed by atoms with Crippen molar-refractivity contribution in [1.82, 2.24) is 0 Å². The van der Waals surface area contributed by atoms with Crippen molar-refractivity contribution in [1.29, 1.82) is 5.26 Å². The standard InChI is InChI=1S/C15H17Br2NO2/c1-2-12(16)4-3-5-14(17)15(19)20-13-8-6-11(10-18)7-9-13/h6-9,12,14H,2-5H2,1H3. The fourth-order valence-electron chi connectivity index (χ4n) is 1.62. The van der Waals surface area contributed by atoms with E-state index in [1.807, 2.05) is 6.07 Å². The van der Waals surface area contributed by atoms with Crippen LogP contribution in [0, 0.1) is 11.3 Å². The van der Waals surface area contributed by atoms with Crippen molar-refractivity contribution >= 4 is 37.8 Å². The van der Waals surface area contributed by atoms with Crippen LogP contribution in [-0.4, -0.2) is 15.6 Å². The Morgan fingerprint density at radius 1 is 1.30 bits per heavy atom. The number of hydrogen-bond acceptors (Lipinski definition) is 3. The van der Waals surface area contributed by atoms with Gasteiger partial charge in [-0.15, -0.1) is 0 Å². The van der Waals surface area contributed by atoms with E-state index in [0.717, 1.165) is 25.7 Å². The molecule has 0 saturated carbocycles. The first-order chi connectivity index (χ1) is 9.56. The maximum absolute atomic E-state index is 11.9. The Kier molecular flexibility index (Phi) is 7.86. The quantitative estimate of drug-likeness (QED) is 0.381. The monoisotopic (exact) mass is 401 g/mol. The smallest absolute Gasteiger partial charge is 0.325 e. The summed E-state index contributed by atoms with van der Waals surface area (Å²) in [6, 6.07) is 8.53. The van der Waals surface area contributed by atoms with Crippen LogP contribution >= 0.6 is 31.9 Å². The molecule has 5 heteroatoms. The Bertz CT molecular complexity index is 468. The zero-order chi connectivity index (χ0) is 15.0. The molecule has 0 fully saturated rings. The second-order valence-corrected chi connectivity index (χ2v) is 6.86. The van der Waals surface area contributed by atoms with Crippen LogP contribution in [0.1, 0.15) is 38.2 Å². The molecule has 108 valence electrons. The number of alkyl halides is 2. The minimum atomic E-state index is -0.297. The fraction of sp³-hybridized carbons (Fsp3) is 0.467. The van der Waals surface area contributed by atoms with E-state index in [2.05, 4.69) is 38.8 Å². The lowest BCUT2D eigenvalue weighted by molar-refractivity contribution is -0.133. The molecule has 1 rings (SSSR count). The number of halogens is 2. The summed E-state index contributed by atoms with van der Waals surface area (Å²) < 4.78 is 5.25. The number of nitriles is 1. The summed E-state index contributed by atoms with van der Waals surface area (Å²) in [6.07, 6.45) is 3.84. The van der Waals surface area contributed by atoms with Gasteiger partial charge in [0, 0.05) is 4.83 Å². The third kappa shape index (κ3) is 6.06. The second kappa shape index (κ2) is 9.15. The predicted octanol–water partition coefficient (Wildman–Crippen LogP) is 4.57. The van der Waals surface area contributed by atoms with E-state index in [4.69, 9.17) is 10.00 Å². The van der Waals surface area contributed by atoms with Gasteiger partial charge in [-0.1, -0.05) is 45.2 Å². The van der Waals surface area contributed by atoms with Crippen LogP contribution in [0.3, 0.4) is 0 Å². The molecule has 2 atom stereocenters.